The summed E-state index contributed by atoms with van der Waals surface area (Å²) >= 11 is 1.77. The van der Waals surface area contributed by atoms with Gasteiger partial charge in [0.2, 0.25) is 0 Å². The van der Waals surface area contributed by atoms with Gasteiger partial charge in [0, 0.05) is 11.1 Å². The summed E-state index contributed by atoms with van der Waals surface area (Å²) in [6.45, 7) is 0. The van der Waals surface area contributed by atoms with Crippen LogP contribution in [0.1, 0.15) is 0 Å². The van der Waals surface area contributed by atoms with Crippen LogP contribution in [0.15, 0.2) is 95.7 Å². The molecule has 0 unspecified atom stereocenters. The van der Waals surface area contributed by atoms with Crippen LogP contribution in [-0.2, 0) is 0 Å². The molecule has 0 atom stereocenters. The summed E-state index contributed by atoms with van der Waals surface area (Å²) in [5.41, 5.74) is 10.5. The van der Waals surface area contributed by atoms with Crippen molar-refractivity contribution in [1.82, 2.24) is 0 Å². The number of hydrogen-bond donors (Lipinski definition) is 0. The predicted molar refractivity (Wildman–Crippen MR) is 108 cm³/mol. The summed E-state index contributed by atoms with van der Waals surface area (Å²) in [6, 6.07) is 30.4. The minimum absolute atomic E-state index is 1.29. The molecule has 0 saturated carbocycles. The summed E-state index contributed by atoms with van der Waals surface area (Å²) in [5, 5.41) is 4.55. The summed E-state index contributed by atoms with van der Waals surface area (Å²) in [4.78, 5) is 0. The topological polar surface area (TPSA) is 0 Å². The fourth-order valence-corrected chi connectivity index (χ4v) is 4.46. The number of hydrogen-bond acceptors (Lipinski definition) is 1. The molecule has 0 aromatic carbocycles. The number of fused-ring (bicyclic) bond motifs is 2. The van der Waals surface area contributed by atoms with Crippen LogP contribution in [0, 0.1) is 0 Å². The molecule has 25 heavy (non-hydrogen) atoms. The van der Waals surface area contributed by atoms with E-state index in [2.05, 4.69) is 95.7 Å². The number of thiophene rings is 1. The van der Waals surface area contributed by atoms with Crippen molar-refractivity contribution in [2.75, 3.05) is 0 Å². The van der Waals surface area contributed by atoms with Gasteiger partial charge in [-0.3, -0.25) is 0 Å². The fraction of sp³-hybridized carbons (Fsp3) is 0. The predicted octanol–water partition coefficient (Wildman–Crippen LogP) is 7.29. The van der Waals surface area contributed by atoms with Gasteiger partial charge in [0.1, 0.15) is 0 Å². The van der Waals surface area contributed by atoms with Gasteiger partial charge in [-0.25, -0.2) is 0 Å². The first-order chi connectivity index (χ1) is 12.4. The quantitative estimate of drug-likeness (QED) is 0.317. The molecule has 0 spiro atoms. The fourth-order valence-electron chi connectivity index (χ4n) is 3.61. The third-order valence-electron chi connectivity index (χ3n) is 4.83. The van der Waals surface area contributed by atoms with Gasteiger partial charge in [0.15, 0.2) is 0 Å². The molecular weight excluding hydrogens is 320 g/mol. The van der Waals surface area contributed by atoms with Gasteiger partial charge >= 0.3 is 0 Å². The first kappa shape index (κ1) is 14.4. The molecule has 0 bridgehead atoms. The monoisotopic (exact) mass is 336 g/mol. The van der Waals surface area contributed by atoms with Gasteiger partial charge in [-0.05, 0) is 44.1 Å². The van der Waals surface area contributed by atoms with Crippen LogP contribution in [0.5, 0.6) is 0 Å². The highest BCUT2D eigenvalue weighted by molar-refractivity contribution is 7.08. The molecule has 1 heterocycles. The maximum Gasteiger partial charge on any atom is 0.000830 e. The average molecular weight is 336 g/mol. The van der Waals surface area contributed by atoms with Gasteiger partial charge in [0.25, 0.3) is 0 Å². The first-order valence-electron chi connectivity index (χ1n) is 8.44. The van der Waals surface area contributed by atoms with Crippen molar-refractivity contribution in [3.8, 4) is 44.5 Å². The van der Waals surface area contributed by atoms with E-state index in [-0.39, 0.29) is 0 Å². The third kappa shape index (κ3) is 2.36. The molecule has 4 aliphatic carbocycles. The van der Waals surface area contributed by atoms with Crippen LogP contribution in [0.25, 0.3) is 44.5 Å². The smallest absolute Gasteiger partial charge is 0.000830 e. The first-order valence-corrected chi connectivity index (χ1v) is 9.38. The second-order valence-electron chi connectivity index (χ2n) is 6.25. The largest absolute Gasteiger partial charge is 0.151 e. The molecule has 5 rings (SSSR count). The Kier molecular flexibility index (Phi) is 3.39. The minimum atomic E-state index is 1.29. The lowest BCUT2D eigenvalue weighted by Gasteiger charge is -2.06. The molecule has 0 N–H and O–H groups in total. The Morgan fingerprint density at radius 2 is 0.840 bits per heavy atom. The van der Waals surface area contributed by atoms with Gasteiger partial charge < -0.3 is 0 Å². The zero-order chi connectivity index (χ0) is 16.6. The van der Waals surface area contributed by atoms with E-state index in [1.165, 1.54) is 44.5 Å². The van der Waals surface area contributed by atoms with Gasteiger partial charge in [-0.2, -0.15) is 11.3 Å². The molecule has 1 heteroatoms. The van der Waals surface area contributed by atoms with Crippen molar-refractivity contribution < 1.29 is 0 Å². The van der Waals surface area contributed by atoms with E-state index in [9.17, 15) is 0 Å². The Morgan fingerprint density at radius 3 is 1.36 bits per heavy atom. The molecule has 1 aromatic rings. The van der Waals surface area contributed by atoms with Crippen molar-refractivity contribution in [3.63, 3.8) is 0 Å². The second-order valence-corrected chi connectivity index (χ2v) is 7.00. The number of rotatable bonds is 2. The summed E-state index contributed by atoms with van der Waals surface area (Å²) in [5.74, 6) is 0. The molecule has 0 aliphatic heterocycles. The Labute approximate surface area is 151 Å². The van der Waals surface area contributed by atoms with Crippen LogP contribution in [0.4, 0.5) is 0 Å². The zero-order valence-corrected chi connectivity index (χ0v) is 14.5. The Balaban J connectivity index is 1.71. The van der Waals surface area contributed by atoms with Crippen molar-refractivity contribution in [3.05, 3.63) is 95.7 Å². The Hall–Kier alpha value is -2.90. The summed E-state index contributed by atoms with van der Waals surface area (Å²) < 4.78 is 0. The molecule has 0 saturated heterocycles. The molecule has 0 fully saturated rings. The highest BCUT2D eigenvalue weighted by Gasteiger charge is 2.18. The Bertz CT molecular complexity index is 1020. The van der Waals surface area contributed by atoms with Crippen molar-refractivity contribution in [2.45, 2.75) is 0 Å². The standard InChI is InChI=1S/C24H16S/c1-3-7-17-11-13-21(19(17)9-5-1)23-15-25-16-24(23)22-14-12-18-8-4-2-6-10-20(18)22/h1-16H. The van der Waals surface area contributed by atoms with E-state index in [1.54, 1.807) is 11.3 Å². The van der Waals surface area contributed by atoms with Crippen LogP contribution in [0.3, 0.4) is 0 Å². The highest BCUT2D eigenvalue weighted by atomic mass is 32.1. The molecule has 0 radical (unpaired) electrons. The van der Waals surface area contributed by atoms with Crippen LogP contribution >= 0.6 is 11.3 Å². The summed E-state index contributed by atoms with van der Waals surface area (Å²) in [7, 11) is 0. The lowest BCUT2D eigenvalue weighted by molar-refractivity contribution is 1.74. The van der Waals surface area contributed by atoms with Crippen molar-refractivity contribution in [1.29, 1.82) is 0 Å². The lowest BCUT2D eigenvalue weighted by atomic mass is 9.96. The lowest BCUT2D eigenvalue weighted by Crippen LogP contribution is -1.80. The van der Waals surface area contributed by atoms with E-state index in [4.69, 9.17) is 0 Å². The van der Waals surface area contributed by atoms with Crippen LogP contribution in [-0.4, -0.2) is 0 Å². The van der Waals surface area contributed by atoms with E-state index < -0.39 is 0 Å². The molecule has 4 aliphatic rings. The van der Waals surface area contributed by atoms with E-state index in [1.807, 2.05) is 0 Å². The van der Waals surface area contributed by atoms with E-state index in [0.717, 1.165) is 0 Å². The van der Waals surface area contributed by atoms with Crippen LogP contribution < -0.4 is 0 Å². The third-order valence-corrected chi connectivity index (χ3v) is 5.57. The zero-order valence-electron chi connectivity index (χ0n) is 13.6. The SMILES string of the molecule is c1ccc2ccc(-c3cscc3-c3ccc4cccccc3-4)c-2cc1. The molecule has 1 aromatic heterocycles. The van der Waals surface area contributed by atoms with Gasteiger partial charge in [0.05, 0.1) is 0 Å². The van der Waals surface area contributed by atoms with Gasteiger partial charge in [-0.1, -0.05) is 84.9 Å². The summed E-state index contributed by atoms with van der Waals surface area (Å²) in [6.07, 6.45) is 0. The average Bonchev–Trinajstić information content (AvgIpc) is 3.25. The minimum Gasteiger partial charge on any atom is -0.151 e. The normalized spacial score (nSPS) is 11.2. The maximum absolute atomic E-state index is 2.28. The van der Waals surface area contributed by atoms with E-state index in [0.29, 0.717) is 0 Å². The molecule has 0 nitrogen and oxygen atoms in total. The van der Waals surface area contributed by atoms with Crippen LogP contribution in [0.2, 0.25) is 0 Å². The second kappa shape index (κ2) is 5.87. The van der Waals surface area contributed by atoms with Crippen molar-refractivity contribution in [2.24, 2.45) is 0 Å². The van der Waals surface area contributed by atoms with Crippen molar-refractivity contribution >= 4 is 11.3 Å². The van der Waals surface area contributed by atoms with Gasteiger partial charge in [-0.15, -0.1) is 0 Å². The Morgan fingerprint density at radius 1 is 0.360 bits per heavy atom. The maximum atomic E-state index is 2.28. The molecule has 118 valence electrons. The molecular formula is C24H16S. The van der Waals surface area contributed by atoms with E-state index >= 15 is 0 Å². The highest BCUT2D eigenvalue weighted by Crippen LogP contribution is 2.45. The molecule has 0 amide bonds.